The molecule has 20 heavy (non-hydrogen) atoms. The summed E-state index contributed by atoms with van der Waals surface area (Å²) in [6.45, 7) is 1.82. The van der Waals surface area contributed by atoms with E-state index in [0.29, 0.717) is 17.1 Å². The monoisotopic (exact) mass is 275 g/mol. The molecule has 0 radical (unpaired) electrons. The molecular formula is C16H18FNO2. The van der Waals surface area contributed by atoms with Crippen molar-refractivity contribution < 1.29 is 13.9 Å². The summed E-state index contributed by atoms with van der Waals surface area (Å²) in [4.78, 5) is 0. The van der Waals surface area contributed by atoms with E-state index in [1.54, 1.807) is 20.3 Å². The number of ether oxygens (including phenoxy) is 2. The molecule has 1 unspecified atom stereocenters. The molecule has 0 spiro atoms. The lowest BCUT2D eigenvalue weighted by Crippen LogP contribution is -2.34. The molecule has 0 bridgehead atoms. The van der Waals surface area contributed by atoms with Crippen LogP contribution in [0, 0.1) is 5.82 Å². The lowest BCUT2D eigenvalue weighted by molar-refractivity contribution is 0.395. The molecule has 0 saturated heterocycles. The van der Waals surface area contributed by atoms with Gasteiger partial charge in [-0.05, 0) is 42.8 Å². The van der Waals surface area contributed by atoms with Crippen LogP contribution in [0.25, 0.3) is 0 Å². The molecule has 2 aromatic rings. The Morgan fingerprint density at radius 1 is 1.05 bits per heavy atom. The molecule has 4 heteroatoms. The molecule has 0 fully saturated rings. The van der Waals surface area contributed by atoms with Gasteiger partial charge in [-0.25, -0.2) is 4.39 Å². The predicted molar refractivity (Wildman–Crippen MR) is 76.6 cm³/mol. The van der Waals surface area contributed by atoms with Crippen LogP contribution >= 0.6 is 0 Å². The third kappa shape index (κ3) is 2.60. The van der Waals surface area contributed by atoms with Crippen molar-refractivity contribution in [2.75, 3.05) is 14.2 Å². The largest absolute Gasteiger partial charge is 0.497 e. The maximum atomic E-state index is 13.5. The lowest BCUT2D eigenvalue weighted by Gasteiger charge is -2.28. The van der Waals surface area contributed by atoms with Gasteiger partial charge in [0, 0.05) is 5.56 Å². The van der Waals surface area contributed by atoms with E-state index in [9.17, 15) is 4.39 Å². The fraction of sp³-hybridized carbons (Fsp3) is 0.250. The Morgan fingerprint density at radius 2 is 1.80 bits per heavy atom. The van der Waals surface area contributed by atoms with E-state index in [4.69, 9.17) is 15.2 Å². The van der Waals surface area contributed by atoms with E-state index in [1.165, 1.54) is 12.1 Å². The number of hydrogen-bond acceptors (Lipinski definition) is 3. The summed E-state index contributed by atoms with van der Waals surface area (Å²) in [5, 5.41) is 0. The molecule has 2 aromatic carbocycles. The molecule has 2 rings (SSSR count). The average Bonchev–Trinajstić information content (AvgIpc) is 2.47. The van der Waals surface area contributed by atoms with Crippen molar-refractivity contribution in [2.45, 2.75) is 12.5 Å². The van der Waals surface area contributed by atoms with Gasteiger partial charge in [-0.3, -0.25) is 0 Å². The van der Waals surface area contributed by atoms with Crippen LogP contribution in [-0.2, 0) is 5.54 Å². The zero-order valence-electron chi connectivity index (χ0n) is 11.8. The highest BCUT2D eigenvalue weighted by atomic mass is 19.1. The standard InChI is InChI=1S/C16H18FNO2/c1-16(18,11-5-4-6-13(9-11)19-2)14-10-12(17)7-8-15(14)20-3/h4-10H,18H2,1-3H3. The summed E-state index contributed by atoms with van der Waals surface area (Å²) < 4.78 is 24.0. The van der Waals surface area contributed by atoms with Gasteiger partial charge >= 0.3 is 0 Å². The van der Waals surface area contributed by atoms with Crippen LogP contribution in [0.3, 0.4) is 0 Å². The first-order valence-corrected chi connectivity index (χ1v) is 6.26. The first-order valence-electron chi connectivity index (χ1n) is 6.26. The van der Waals surface area contributed by atoms with Gasteiger partial charge in [0.1, 0.15) is 17.3 Å². The third-order valence-electron chi connectivity index (χ3n) is 3.39. The van der Waals surface area contributed by atoms with Gasteiger partial charge in [0.05, 0.1) is 19.8 Å². The second-order valence-electron chi connectivity index (χ2n) is 4.78. The second-order valence-corrected chi connectivity index (χ2v) is 4.78. The van der Waals surface area contributed by atoms with Crippen molar-refractivity contribution in [3.05, 3.63) is 59.4 Å². The van der Waals surface area contributed by atoms with Gasteiger partial charge in [-0.1, -0.05) is 12.1 Å². The van der Waals surface area contributed by atoms with Gasteiger partial charge in [0.2, 0.25) is 0 Å². The van der Waals surface area contributed by atoms with Crippen LogP contribution in [-0.4, -0.2) is 14.2 Å². The number of methoxy groups -OCH3 is 2. The first-order chi connectivity index (χ1) is 9.48. The van der Waals surface area contributed by atoms with Gasteiger partial charge < -0.3 is 15.2 Å². The van der Waals surface area contributed by atoms with Gasteiger partial charge in [-0.2, -0.15) is 0 Å². The molecule has 0 amide bonds. The van der Waals surface area contributed by atoms with E-state index in [-0.39, 0.29) is 5.82 Å². The highest BCUT2D eigenvalue weighted by Crippen LogP contribution is 2.35. The minimum Gasteiger partial charge on any atom is -0.497 e. The Bertz CT molecular complexity index is 611. The van der Waals surface area contributed by atoms with Crippen LogP contribution < -0.4 is 15.2 Å². The third-order valence-corrected chi connectivity index (χ3v) is 3.39. The van der Waals surface area contributed by atoms with E-state index in [1.807, 2.05) is 31.2 Å². The molecule has 0 aromatic heterocycles. The zero-order valence-corrected chi connectivity index (χ0v) is 11.8. The Labute approximate surface area is 118 Å². The fourth-order valence-corrected chi connectivity index (χ4v) is 2.19. The van der Waals surface area contributed by atoms with E-state index in [0.717, 1.165) is 5.56 Å². The average molecular weight is 275 g/mol. The normalized spacial score (nSPS) is 13.7. The van der Waals surface area contributed by atoms with Crippen molar-refractivity contribution in [3.63, 3.8) is 0 Å². The number of rotatable bonds is 4. The summed E-state index contributed by atoms with van der Waals surface area (Å²) in [6, 6.07) is 11.7. The van der Waals surface area contributed by atoms with Gasteiger partial charge in [-0.15, -0.1) is 0 Å². The molecular weight excluding hydrogens is 257 g/mol. The fourth-order valence-electron chi connectivity index (χ4n) is 2.19. The Balaban J connectivity index is 2.56. The van der Waals surface area contributed by atoms with Crippen LogP contribution in [0.1, 0.15) is 18.1 Å². The number of benzene rings is 2. The van der Waals surface area contributed by atoms with Crippen LogP contribution in [0.2, 0.25) is 0 Å². The second kappa shape index (κ2) is 5.51. The van der Waals surface area contributed by atoms with Crippen LogP contribution in [0.5, 0.6) is 11.5 Å². The minimum absolute atomic E-state index is 0.347. The van der Waals surface area contributed by atoms with E-state index in [2.05, 4.69) is 0 Å². The van der Waals surface area contributed by atoms with Crippen molar-refractivity contribution in [1.82, 2.24) is 0 Å². The van der Waals surface area contributed by atoms with Gasteiger partial charge in [0.25, 0.3) is 0 Å². The van der Waals surface area contributed by atoms with Gasteiger partial charge in [0.15, 0.2) is 0 Å². The number of halogens is 1. The molecule has 0 aliphatic carbocycles. The van der Waals surface area contributed by atoms with Crippen molar-refractivity contribution in [2.24, 2.45) is 5.73 Å². The highest BCUT2D eigenvalue weighted by Gasteiger charge is 2.28. The maximum absolute atomic E-state index is 13.5. The summed E-state index contributed by atoms with van der Waals surface area (Å²) >= 11 is 0. The maximum Gasteiger partial charge on any atom is 0.124 e. The molecule has 0 saturated carbocycles. The summed E-state index contributed by atoms with van der Waals surface area (Å²) in [5.41, 5.74) is 6.95. The molecule has 0 aliphatic heterocycles. The minimum atomic E-state index is -0.887. The van der Waals surface area contributed by atoms with E-state index >= 15 is 0 Å². The molecule has 106 valence electrons. The van der Waals surface area contributed by atoms with Crippen molar-refractivity contribution in [1.29, 1.82) is 0 Å². The number of hydrogen-bond donors (Lipinski definition) is 1. The molecule has 2 N–H and O–H groups in total. The zero-order chi connectivity index (χ0) is 14.8. The Hall–Kier alpha value is -2.07. The quantitative estimate of drug-likeness (QED) is 0.932. The molecule has 0 heterocycles. The molecule has 3 nitrogen and oxygen atoms in total. The topological polar surface area (TPSA) is 44.5 Å². The Kier molecular flexibility index (Phi) is 3.95. The van der Waals surface area contributed by atoms with Crippen LogP contribution in [0.4, 0.5) is 4.39 Å². The predicted octanol–water partition coefficient (Wildman–Crippen LogP) is 3.07. The van der Waals surface area contributed by atoms with E-state index < -0.39 is 5.54 Å². The first kappa shape index (κ1) is 14.3. The van der Waals surface area contributed by atoms with Crippen LogP contribution in [0.15, 0.2) is 42.5 Å². The SMILES string of the molecule is COc1cccc(C(C)(N)c2cc(F)ccc2OC)c1. The number of nitrogens with two attached hydrogens (primary N) is 1. The highest BCUT2D eigenvalue weighted by molar-refractivity contribution is 5.47. The Morgan fingerprint density at radius 3 is 2.45 bits per heavy atom. The molecule has 1 atom stereocenters. The smallest absolute Gasteiger partial charge is 0.124 e. The van der Waals surface area contributed by atoms with Crippen molar-refractivity contribution in [3.8, 4) is 11.5 Å². The lowest BCUT2D eigenvalue weighted by atomic mass is 9.85. The molecule has 0 aliphatic rings. The summed E-state index contributed by atoms with van der Waals surface area (Å²) in [5.74, 6) is 0.911. The summed E-state index contributed by atoms with van der Waals surface area (Å²) in [6.07, 6.45) is 0. The van der Waals surface area contributed by atoms with Crippen molar-refractivity contribution >= 4 is 0 Å². The summed E-state index contributed by atoms with van der Waals surface area (Å²) in [7, 11) is 3.13.